The molecule has 8 nitrogen and oxygen atoms in total. The molecule has 0 fully saturated rings. The highest BCUT2D eigenvalue weighted by molar-refractivity contribution is 5.66. The molecular weight excluding hydrogens is 414 g/mol. The van der Waals surface area contributed by atoms with E-state index in [9.17, 15) is 4.79 Å². The summed E-state index contributed by atoms with van der Waals surface area (Å²) in [6.45, 7) is 1.36. The minimum Gasteiger partial charge on any atom is -0.481 e. The molecule has 0 amide bonds. The smallest absolute Gasteiger partial charge is 0.303 e. The summed E-state index contributed by atoms with van der Waals surface area (Å²) in [7, 11) is 0. The van der Waals surface area contributed by atoms with Crippen LogP contribution in [0.25, 0.3) is 0 Å². The summed E-state index contributed by atoms with van der Waals surface area (Å²) >= 11 is 0. The van der Waals surface area contributed by atoms with Crippen molar-refractivity contribution in [2.45, 2.75) is 134 Å². The van der Waals surface area contributed by atoms with E-state index in [0.29, 0.717) is 6.42 Å². The SMILES string of the molecule is CCCCCCCCCCCCCCCCCC(=O)O.NCC(O)C(O)C(O)C(O)CO. The molecule has 194 valence electrons. The van der Waals surface area contributed by atoms with Gasteiger partial charge in [-0.3, -0.25) is 4.79 Å². The molecule has 0 aromatic heterocycles. The maximum absolute atomic E-state index is 10.3. The van der Waals surface area contributed by atoms with E-state index in [-0.39, 0.29) is 6.54 Å². The monoisotopic (exact) mass is 465 g/mol. The van der Waals surface area contributed by atoms with E-state index >= 15 is 0 Å². The fourth-order valence-electron chi connectivity index (χ4n) is 3.35. The third-order valence-corrected chi connectivity index (χ3v) is 5.56. The molecule has 0 saturated carbocycles. The van der Waals surface area contributed by atoms with E-state index < -0.39 is 37.0 Å². The predicted molar refractivity (Wildman–Crippen MR) is 127 cm³/mol. The van der Waals surface area contributed by atoms with Crippen molar-refractivity contribution in [1.29, 1.82) is 0 Å². The normalized spacial score (nSPS) is 14.8. The zero-order valence-electron chi connectivity index (χ0n) is 20.2. The highest BCUT2D eigenvalue weighted by atomic mass is 16.4. The molecule has 0 spiro atoms. The van der Waals surface area contributed by atoms with E-state index in [0.717, 1.165) is 12.8 Å². The third-order valence-electron chi connectivity index (χ3n) is 5.56. The van der Waals surface area contributed by atoms with Crippen molar-refractivity contribution in [3.63, 3.8) is 0 Å². The van der Waals surface area contributed by atoms with Crippen LogP contribution >= 0.6 is 0 Å². The first kappa shape index (κ1) is 33.4. The lowest BCUT2D eigenvalue weighted by Gasteiger charge is -2.24. The Hall–Kier alpha value is -0.770. The Morgan fingerprint density at radius 1 is 0.656 bits per heavy atom. The van der Waals surface area contributed by atoms with Gasteiger partial charge in [0.25, 0.3) is 0 Å². The quantitative estimate of drug-likeness (QED) is 0.127. The number of carboxylic acids is 1. The number of aliphatic hydroxyl groups excluding tert-OH is 5. The molecule has 0 heterocycles. The second kappa shape index (κ2) is 24.9. The number of unbranched alkanes of at least 4 members (excludes halogenated alkanes) is 14. The minimum absolute atomic E-state index is 0.226. The Labute approximate surface area is 194 Å². The summed E-state index contributed by atoms with van der Waals surface area (Å²) in [5.74, 6) is -0.653. The molecule has 0 aromatic rings. The standard InChI is InChI=1S/C18H36O2.C6H15NO5/c1-2-3-4-5-6-7-8-9-10-11-12-13-14-15-16-17-18(19)20;7-1-3(9)5(11)6(12)4(10)2-8/h2-17H2,1H3,(H,19,20);3-6,8-12H,1-2,7H2. The van der Waals surface area contributed by atoms with Crippen molar-refractivity contribution in [3.8, 4) is 0 Å². The number of aliphatic carboxylic acids is 1. The summed E-state index contributed by atoms with van der Waals surface area (Å²) < 4.78 is 0. The van der Waals surface area contributed by atoms with Crippen molar-refractivity contribution in [2.24, 2.45) is 5.73 Å². The lowest BCUT2D eigenvalue weighted by molar-refractivity contribution is -0.137. The fraction of sp³-hybridized carbons (Fsp3) is 0.958. The van der Waals surface area contributed by atoms with Gasteiger partial charge >= 0.3 is 5.97 Å². The Morgan fingerprint density at radius 2 is 1.00 bits per heavy atom. The van der Waals surface area contributed by atoms with Gasteiger partial charge in [0.1, 0.15) is 18.3 Å². The van der Waals surface area contributed by atoms with Crippen molar-refractivity contribution >= 4 is 5.97 Å². The molecule has 4 atom stereocenters. The zero-order valence-corrected chi connectivity index (χ0v) is 20.2. The van der Waals surface area contributed by atoms with Crippen molar-refractivity contribution in [3.05, 3.63) is 0 Å². The van der Waals surface area contributed by atoms with E-state index in [1.165, 1.54) is 83.5 Å². The molecule has 0 aliphatic rings. The molecule has 0 aliphatic heterocycles. The van der Waals surface area contributed by atoms with Crippen molar-refractivity contribution < 1.29 is 35.4 Å². The van der Waals surface area contributed by atoms with Crippen LogP contribution in [-0.2, 0) is 4.79 Å². The van der Waals surface area contributed by atoms with Crippen LogP contribution in [0, 0.1) is 0 Å². The average Bonchev–Trinajstić information content (AvgIpc) is 2.79. The van der Waals surface area contributed by atoms with Gasteiger partial charge in [-0.2, -0.15) is 0 Å². The van der Waals surface area contributed by atoms with Gasteiger partial charge in [0.05, 0.1) is 12.7 Å². The Balaban J connectivity index is 0. The second-order valence-electron chi connectivity index (χ2n) is 8.63. The summed E-state index contributed by atoms with van der Waals surface area (Å²) in [5.41, 5.74) is 4.99. The summed E-state index contributed by atoms with van der Waals surface area (Å²) in [5, 5.41) is 52.7. The molecule has 0 radical (unpaired) electrons. The highest BCUT2D eigenvalue weighted by Gasteiger charge is 2.28. The van der Waals surface area contributed by atoms with Crippen LogP contribution in [0.3, 0.4) is 0 Å². The Kier molecular flexibility index (Phi) is 26.0. The van der Waals surface area contributed by atoms with Crippen LogP contribution in [0.1, 0.15) is 110 Å². The molecule has 8 heteroatoms. The molecule has 0 rings (SSSR count). The van der Waals surface area contributed by atoms with Gasteiger partial charge in [0.15, 0.2) is 0 Å². The number of hydrogen-bond acceptors (Lipinski definition) is 7. The van der Waals surface area contributed by atoms with Crippen LogP contribution in [0.15, 0.2) is 0 Å². The van der Waals surface area contributed by atoms with Gasteiger partial charge in [-0.25, -0.2) is 0 Å². The molecule has 32 heavy (non-hydrogen) atoms. The first-order valence-electron chi connectivity index (χ1n) is 12.6. The van der Waals surface area contributed by atoms with E-state index in [1.807, 2.05) is 0 Å². The first-order valence-corrected chi connectivity index (χ1v) is 12.6. The number of carbonyl (C=O) groups is 1. The highest BCUT2D eigenvalue weighted by Crippen LogP contribution is 2.13. The molecule has 0 saturated heterocycles. The number of carboxylic acid groups (broad SMARTS) is 1. The van der Waals surface area contributed by atoms with E-state index in [2.05, 4.69) is 6.92 Å². The van der Waals surface area contributed by atoms with Gasteiger partial charge in [0, 0.05) is 13.0 Å². The number of aliphatic hydroxyl groups is 5. The molecule has 4 unspecified atom stereocenters. The lowest BCUT2D eigenvalue weighted by Crippen LogP contribution is -2.48. The summed E-state index contributed by atoms with van der Waals surface area (Å²) in [6.07, 6.45) is 14.3. The van der Waals surface area contributed by atoms with Crippen molar-refractivity contribution in [2.75, 3.05) is 13.2 Å². The maximum Gasteiger partial charge on any atom is 0.303 e. The molecule has 0 bridgehead atoms. The van der Waals surface area contributed by atoms with E-state index in [1.54, 1.807) is 0 Å². The largest absolute Gasteiger partial charge is 0.481 e. The minimum atomic E-state index is -1.59. The molecular formula is C24H51NO7. The van der Waals surface area contributed by atoms with Crippen molar-refractivity contribution in [1.82, 2.24) is 0 Å². The Bertz CT molecular complexity index is 385. The van der Waals surface area contributed by atoms with Gasteiger partial charge < -0.3 is 36.4 Å². The van der Waals surface area contributed by atoms with Gasteiger partial charge in [0.2, 0.25) is 0 Å². The lowest BCUT2D eigenvalue weighted by atomic mass is 10.0. The molecule has 0 aliphatic carbocycles. The second-order valence-corrected chi connectivity index (χ2v) is 8.63. The topological polar surface area (TPSA) is 164 Å². The van der Waals surface area contributed by atoms with E-state index in [4.69, 9.17) is 36.4 Å². The molecule has 0 aromatic carbocycles. The zero-order chi connectivity index (χ0) is 24.6. The van der Waals surface area contributed by atoms with Crippen LogP contribution in [0.4, 0.5) is 0 Å². The molecule has 8 N–H and O–H groups in total. The Morgan fingerprint density at radius 3 is 1.31 bits per heavy atom. The maximum atomic E-state index is 10.3. The number of rotatable bonds is 21. The number of nitrogens with two attached hydrogens (primary N) is 1. The number of hydrogen-bond donors (Lipinski definition) is 7. The van der Waals surface area contributed by atoms with Gasteiger partial charge in [-0.15, -0.1) is 0 Å². The van der Waals surface area contributed by atoms with Gasteiger partial charge in [-0.05, 0) is 6.42 Å². The average molecular weight is 466 g/mol. The van der Waals surface area contributed by atoms with Crippen LogP contribution in [-0.4, -0.2) is 74.2 Å². The van der Waals surface area contributed by atoms with Crippen LogP contribution in [0.5, 0.6) is 0 Å². The summed E-state index contributed by atoms with van der Waals surface area (Å²) in [6, 6.07) is 0. The fourth-order valence-corrected chi connectivity index (χ4v) is 3.35. The van der Waals surface area contributed by atoms with Crippen LogP contribution in [0.2, 0.25) is 0 Å². The third kappa shape index (κ3) is 22.4. The summed E-state index contributed by atoms with van der Waals surface area (Å²) in [4.78, 5) is 10.3. The first-order chi connectivity index (χ1) is 15.3. The van der Waals surface area contributed by atoms with Gasteiger partial charge in [-0.1, -0.05) is 96.8 Å². The van der Waals surface area contributed by atoms with Crippen LogP contribution < -0.4 is 5.73 Å². The predicted octanol–water partition coefficient (Wildman–Crippen LogP) is 2.71.